The van der Waals surface area contributed by atoms with Crippen LogP contribution < -0.4 is 27.2 Å². The fourth-order valence-corrected chi connectivity index (χ4v) is 7.00. The van der Waals surface area contributed by atoms with E-state index in [0.717, 1.165) is 83.6 Å². The molecule has 0 amide bonds. The van der Waals surface area contributed by atoms with Gasteiger partial charge in [-0.2, -0.15) is 0 Å². The standard InChI is InChI=1S/C42H26N8O2/c1-2-6-30-29(5-1)37-43-25-13-9-23(10-14-25)41-47-33-19-17-28(22-36(33)52-41)46-40-32-8-4-3-7-31(32)39(50-40)45-27-18-20-35-34(21-27)48-42(51-35)24-11-15-26(16-12-24)44-38(30)49-37/h1-9,11-22,31H,10H2,(H,45,50)(H,43,44,49). The van der Waals surface area contributed by atoms with Gasteiger partial charge < -0.3 is 19.1 Å². The van der Waals surface area contributed by atoms with Crippen LogP contribution >= 0.6 is 0 Å². The maximum atomic E-state index is 6.29. The van der Waals surface area contributed by atoms with Crippen LogP contribution in [0.25, 0.3) is 50.0 Å². The number of aromatic nitrogens is 3. The van der Waals surface area contributed by atoms with Crippen LogP contribution in [0.1, 0.15) is 6.42 Å². The molecule has 246 valence electrons. The van der Waals surface area contributed by atoms with Crippen LogP contribution in [0.2, 0.25) is 0 Å². The van der Waals surface area contributed by atoms with Gasteiger partial charge in [0.15, 0.2) is 11.2 Å². The molecule has 7 heterocycles. The first-order valence-corrected chi connectivity index (χ1v) is 17.0. The smallest absolute Gasteiger partial charge is 0.227 e. The highest BCUT2D eigenvalue weighted by Crippen LogP contribution is 2.32. The maximum absolute atomic E-state index is 6.29. The Morgan fingerprint density at radius 1 is 0.673 bits per heavy atom. The third-order valence-corrected chi connectivity index (χ3v) is 9.60. The van der Waals surface area contributed by atoms with Crippen LogP contribution in [0.3, 0.4) is 0 Å². The second kappa shape index (κ2) is 11.2. The first kappa shape index (κ1) is 28.6. The number of amidine groups is 1. The molecule has 0 saturated carbocycles. The number of nitrogens with one attached hydrogen (secondary N) is 2. The van der Waals surface area contributed by atoms with Crippen molar-refractivity contribution in [2.45, 2.75) is 6.42 Å². The zero-order chi connectivity index (χ0) is 34.2. The molecule has 52 heavy (non-hydrogen) atoms. The number of hydrogen-bond acceptors (Lipinski definition) is 9. The minimum atomic E-state index is -0.0532. The molecule has 1 unspecified atom stereocenters. The normalized spacial score (nSPS) is 17.5. The van der Waals surface area contributed by atoms with Crippen molar-refractivity contribution < 1.29 is 8.83 Å². The Hall–Kier alpha value is -7.20. The van der Waals surface area contributed by atoms with Crippen molar-refractivity contribution in [2.24, 2.45) is 25.9 Å². The van der Waals surface area contributed by atoms with Crippen molar-refractivity contribution in [1.29, 1.82) is 0 Å². The van der Waals surface area contributed by atoms with Crippen molar-refractivity contribution >= 4 is 55.8 Å². The molecule has 2 N–H and O–H groups in total. The van der Waals surface area contributed by atoms with Gasteiger partial charge >= 0.3 is 0 Å². The molecule has 4 aliphatic heterocycles. The van der Waals surface area contributed by atoms with E-state index in [1.54, 1.807) is 0 Å². The Bertz CT molecular complexity index is 3130. The predicted octanol–water partition coefficient (Wildman–Crippen LogP) is 6.60. The second-order valence-corrected chi connectivity index (χ2v) is 12.9. The fraction of sp³-hybridized carbons (Fsp3) is 0.0476. The lowest BCUT2D eigenvalue weighted by Crippen LogP contribution is -2.21. The molecule has 6 aliphatic rings. The number of oxazole rings is 2. The van der Waals surface area contributed by atoms with Gasteiger partial charge in [-0.1, -0.05) is 60.7 Å². The average Bonchev–Trinajstić information content (AvgIpc) is 3.96. The van der Waals surface area contributed by atoms with Gasteiger partial charge in [-0.15, -0.1) is 0 Å². The van der Waals surface area contributed by atoms with Gasteiger partial charge in [0, 0.05) is 33.5 Å². The molecule has 14 bridgehead atoms. The quantitative estimate of drug-likeness (QED) is 0.187. The van der Waals surface area contributed by atoms with Crippen molar-refractivity contribution in [3.05, 3.63) is 166 Å². The van der Waals surface area contributed by atoms with E-state index in [1.807, 2.05) is 97.1 Å². The summed E-state index contributed by atoms with van der Waals surface area (Å²) in [5.74, 6) is 2.00. The van der Waals surface area contributed by atoms with E-state index >= 15 is 0 Å². The largest absolute Gasteiger partial charge is 0.436 e. The molecule has 10 heteroatoms. The first-order chi connectivity index (χ1) is 25.7. The van der Waals surface area contributed by atoms with E-state index in [4.69, 9.17) is 38.8 Å². The number of aliphatic imine (C=N–C) groups is 1. The van der Waals surface area contributed by atoms with Crippen LogP contribution in [-0.2, 0) is 0 Å². The number of fused-ring (bicyclic) bond motifs is 4. The first-order valence-electron chi connectivity index (χ1n) is 17.0. The molecule has 0 radical (unpaired) electrons. The summed E-state index contributed by atoms with van der Waals surface area (Å²) in [6.45, 7) is 0. The van der Waals surface area contributed by atoms with E-state index in [9.17, 15) is 0 Å². The second-order valence-electron chi connectivity index (χ2n) is 12.9. The molecule has 13 rings (SSSR count). The SMILES string of the molecule is C1=CC2=C3N=c4ccc5nc(oc5c4)=C4C=CC(=CC4)N=c4[nH]c(c5ccccc45)=Nc4ccc(cc4)-c4nc5cc(ccc5o4)N=C(N3)C2C=C1. The van der Waals surface area contributed by atoms with Gasteiger partial charge in [-0.05, 0) is 67.1 Å². The summed E-state index contributed by atoms with van der Waals surface area (Å²) in [5.41, 5.74) is 10.2. The number of nitrogens with zero attached hydrogens (tertiary/aromatic N) is 6. The van der Waals surface area contributed by atoms with Crippen LogP contribution in [0, 0.1) is 5.92 Å². The van der Waals surface area contributed by atoms with Crippen molar-refractivity contribution in [2.75, 3.05) is 0 Å². The summed E-state index contributed by atoms with van der Waals surface area (Å²) in [4.78, 5) is 33.0. The molecule has 2 aliphatic carbocycles. The highest BCUT2D eigenvalue weighted by atomic mass is 16.3. The molecule has 4 aromatic carbocycles. The lowest BCUT2D eigenvalue weighted by Gasteiger charge is -2.10. The highest BCUT2D eigenvalue weighted by Gasteiger charge is 2.29. The summed E-state index contributed by atoms with van der Waals surface area (Å²) >= 11 is 0. The van der Waals surface area contributed by atoms with E-state index < -0.39 is 0 Å². The van der Waals surface area contributed by atoms with Crippen LogP contribution in [0.15, 0.2) is 173 Å². The van der Waals surface area contributed by atoms with E-state index in [2.05, 4.69) is 40.7 Å². The highest BCUT2D eigenvalue weighted by molar-refractivity contribution is 5.97. The molecule has 1 atom stereocenters. The summed E-state index contributed by atoms with van der Waals surface area (Å²) in [7, 11) is 0. The Labute approximate surface area is 294 Å². The van der Waals surface area contributed by atoms with Gasteiger partial charge in [0.2, 0.25) is 11.4 Å². The van der Waals surface area contributed by atoms with Crippen molar-refractivity contribution in [1.82, 2.24) is 20.3 Å². The van der Waals surface area contributed by atoms with Crippen LogP contribution in [0.4, 0.5) is 11.4 Å². The minimum absolute atomic E-state index is 0.0532. The molecule has 3 aromatic heterocycles. The van der Waals surface area contributed by atoms with Gasteiger partial charge in [0.25, 0.3) is 0 Å². The number of rotatable bonds is 0. The number of H-pyrrole nitrogens is 1. The Morgan fingerprint density at radius 3 is 2.40 bits per heavy atom. The lowest BCUT2D eigenvalue weighted by molar-refractivity contribution is 0.556. The Balaban J connectivity index is 1.09. The molecule has 0 saturated heterocycles. The predicted molar refractivity (Wildman–Crippen MR) is 199 cm³/mol. The lowest BCUT2D eigenvalue weighted by atomic mass is 9.96. The molecular weight excluding hydrogens is 649 g/mol. The third kappa shape index (κ3) is 4.80. The fourth-order valence-electron chi connectivity index (χ4n) is 7.00. The number of aromatic amines is 1. The molecule has 10 nitrogen and oxygen atoms in total. The monoisotopic (exact) mass is 674 g/mol. The number of hydrogen-bond donors (Lipinski definition) is 2. The van der Waals surface area contributed by atoms with Gasteiger partial charge in [-0.25, -0.2) is 29.9 Å². The van der Waals surface area contributed by atoms with Crippen molar-refractivity contribution in [3.8, 4) is 11.5 Å². The van der Waals surface area contributed by atoms with Crippen LogP contribution in [0.5, 0.6) is 0 Å². The van der Waals surface area contributed by atoms with Gasteiger partial charge in [0.1, 0.15) is 33.7 Å². The zero-order valence-corrected chi connectivity index (χ0v) is 27.4. The summed E-state index contributed by atoms with van der Waals surface area (Å²) < 4.78 is 12.5. The van der Waals surface area contributed by atoms with E-state index in [-0.39, 0.29) is 5.92 Å². The Kier molecular flexibility index (Phi) is 6.14. The Morgan fingerprint density at radius 2 is 1.54 bits per heavy atom. The van der Waals surface area contributed by atoms with Gasteiger partial charge in [-0.3, -0.25) is 0 Å². The number of benzene rings is 4. The van der Waals surface area contributed by atoms with Gasteiger partial charge in [0.05, 0.1) is 28.3 Å². The maximum Gasteiger partial charge on any atom is 0.227 e. The summed E-state index contributed by atoms with van der Waals surface area (Å²) in [6.07, 6.45) is 15.0. The minimum Gasteiger partial charge on any atom is -0.436 e. The van der Waals surface area contributed by atoms with E-state index in [1.165, 1.54) is 0 Å². The summed E-state index contributed by atoms with van der Waals surface area (Å²) in [6, 6.07) is 27.6. The number of allylic oxidation sites excluding steroid dienone is 6. The van der Waals surface area contributed by atoms with E-state index in [0.29, 0.717) is 29.0 Å². The molecule has 0 fully saturated rings. The molecular formula is C42H26N8O2. The van der Waals surface area contributed by atoms with Crippen LogP contribution in [-0.4, -0.2) is 20.8 Å². The summed E-state index contributed by atoms with van der Waals surface area (Å²) in [5, 5.41) is 6.22. The zero-order valence-electron chi connectivity index (χ0n) is 27.4. The topological polar surface area (TPSA) is 129 Å². The third-order valence-electron chi connectivity index (χ3n) is 9.60. The van der Waals surface area contributed by atoms with Crippen molar-refractivity contribution in [3.63, 3.8) is 0 Å². The molecule has 0 spiro atoms. The molecule has 7 aromatic rings. The average molecular weight is 675 g/mol.